The van der Waals surface area contributed by atoms with Crippen molar-refractivity contribution in [1.29, 1.82) is 0 Å². The lowest BCUT2D eigenvalue weighted by molar-refractivity contribution is 0.171. The van der Waals surface area contributed by atoms with Crippen LogP contribution in [-0.4, -0.2) is 19.8 Å². The van der Waals surface area contributed by atoms with Gasteiger partial charge in [0.1, 0.15) is 13.2 Å². The molecule has 1 aromatic carbocycles. The van der Waals surface area contributed by atoms with Gasteiger partial charge in [-0.15, -0.1) is 0 Å². The molecule has 0 fully saturated rings. The lowest BCUT2D eigenvalue weighted by atomic mass is 10.2. The minimum atomic E-state index is 0.627. The molecule has 16 heavy (non-hydrogen) atoms. The number of nitrogens with one attached hydrogen (secondary N) is 1. The molecule has 3 nitrogen and oxygen atoms in total. The van der Waals surface area contributed by atoms with E-state index in [2.05, 4.69) is 27.8 Å². The first-order valence-corrected chi connectivity index (χ1v) is 5.97. The molecule has 0 radical (unpaired) electrons. The summed E-state index contributed by atoms with van der Waals surface area (Å²) in [6, 6.07) is 6.00. The summed E-state index contributed by atoms with van der Waals surface area (Å²) >= 11 is 3.31. The highest BCUT2D eigenvalue weighted by Crippen LogP contribution is 2.30. The maximum Gasteiger partial charge on any atom is 0.161 e. The van der Waals surface area contributed by atoms with Crippen molar-refractivity contribution in [2.75, 3.05) is 19.8 Å². The summed E-state index contributed by atoms with van der Waals surface area (Å²) in [7, 11) is 0. The third-order valence-corrected chi connectivity index (χ3v) is 2.53. The second kappa shape index (κ2) is 5.37. The molecule has 0 atom stereocenters. The molecule has 86 valence electrons. The monoisotopic (exact) mass is 283 g/mol. The number of fused-ring (bicyclic) bond motifs is 1. The zero-order valence-electron chi connectivity index (χ0n) is 8.96. The van der Waals surface area contributed by atoms with Gasteiger partial charge in [0.2, 0.25) is 0 Å². The molecular weight excluding hydrogens is 270 g/mol. The van der Waals surface area contributed by atoms with Gasteiger partial charge >= 0.3 is 0 Å². The van der Waals surface area contributed by atoms with Crippen molar-refractivity contribution in [3.05, 3.63) is 34.8 Å². The number of benzene rings is 1. The second-order valence-electron chi connectivity index (χ2n) is 3.60. The summed E-state index contributed by atoms with van der Waals surface area (Å²) in [4.78, 5) is 0. The standard InChI is InChI=1S/C12H14BrNO2/c1-9(13)7-14-8-10-2-3-11-12(6-10)16-5-4-15-11/h2-3,6,14H,1,4-5,7-8H2. The van der Waals surface area contributed by atoms with Crippen LogP contribution in [0.25, 0.3) is 0 Å². The van der Waals surface area contributed by atoms with Crippen LogP contribution in [0.15, 0.2) is 29.3 Å². The Morgan fingerprint density at radius 1 is 1.31 bits per heavy atom. The fraction of sp³-hybridized carbons (Fsp3) is 0.333. The second-order valence-corrected chi connectivity index (χ2v) is 4.72. The SMILES string of the molecule is C=C(Br)CNCc1ccc2c(c1)OCCO2. The van der Waals surface area contributed by atoms with E-state index in [-0.39, 0.29) is 0 Å². The number of hydrogen-bond acceptors (Lipinski definition) is 3. The first-order valence-electron chi connectivity index (χ1n) is 5.18. The summed E-state index contributed by atoms with van der Waals surface area (Å²) in [5.41, 5.74) is 1.18. The van der Waals surface area contributed by atoms with Crippen LogP contribution in [0.1, 0.15) is 5.56 Å². The van der Waals surface area contributed by atoms with Crippen LogP contribution >= 0.6 is 15.9 Å². The van der Waals surface area contributed by atoms with Gasteiger partial charge in [-0.3, -0.25) is 0 Å². The molecular formula is C12H14BrNO2. The maximum absolute atomic E-state index is 5.51. The number of hydrogen-bond donors (Lipinski definition) is 1. The smallest absolute Gasteiger partial charge is 0.161 e. The minimum absolute atomic E-state index is 0.627. The van der Waals surface area contributed by atoms with E-state index in [1.165, 1.54) is 5.56 Å². The molecule has 1 heterocycles. The highest BCUT2D eigenvalue weighted by molar-refractivity contribution is 9.11. The molecule has 0 aromatic heterocycles. The molecule has 4 heteroatoms. The number of halogens is 1. The van der Waals surface area contributed by atoms with Crippen molar-refractivity contribution in [2.45, 2.75) is 6.54 Å². The Hall–Kier alpha value is -1.00. The lowest BCUT2D eigenvalue weighted by Gasteiger charge is -2.18. The molecule has 0 spiro atoms. The van der Waals surface area contributed by atoms with Crippen LogP contribution in [-0.2, 0) is 6.54 Å². The molecule has 0 aliphatic carbocycles. The molecule has 1 N–H and O–H groups in total. The molecule has 0 unspecified atom stereocenters. The average molecular weight is 284 g/mol. The van der Waals surface area contributed by atoms with Gasteiger partial charge in [-0.1, -0.05) is 28.6 Å². The largest absolute Gasteiger partial charge is 0.486 e. The average Bonchev–Trinajstić information content (AvgIpc) is 2.28. The van der Waals surface area contributed by atoms with Gasteiger partial charge in [0.05, 0.1) is 0 Å². The Kier molecular flexibility index (Phi) is 3.85. The fourth-order valence-electron chi connectivity index (χ4n) is 1.54. The molecule has 1 aliphatic heterocycles. The zero-order valence-corrected chi connectivity index (χ0v) is 10.5. The Labute approximate surface area is 104 Å². The van der Waals surface area contributed by atoms with Crippen molar-refractivity contribution in [2.24, 2.45) is 0 Å². The van der Waals surface area contributed by atoms with E-state index in [0.717, 1.165) is 29.1 Å². The van der Waals surface area contributed by atoms with Crippen molar-refractivity contribution >= 4 is 15.9 Å². The molecule has 0 saturated heterocycles. The molecule has 0 amide bonds. The van der Waals surface area contributed by atoms with E-state index < -0.39 is 0 Å². The third-order valence-electron chi connectivity index (χ3n) is 2.25. The quantitative estimate of drug-likeness (QED) is 0.921. The third kappa shape index (κ3) is 3.00. The first kappa shape index (κ1) is 11.5. The van der Waals surface area contributed by atoms with Crippen LogP contribution in [0, 0.1) is 0 Å². The molecule has 0 bridgehead atoms. The van der Waals surface area contributed by atoms with Gasteiger partial charge in [0.15, 0.2) is 11.5 Å². The van der Waals surface area contributed by atoms with E-state index in [1.807, 2.05) is 18.2 Å². The lowest BCUT2D eigenvalue weighted by Crippen LogP contribution is -2.17. The van der Waals surface area contributed by atoms with Crippen LogP contribution in [0.2, 0.25) is 0 Å². The molecule has 1 aromatic rings. The highest BCUT2D eigenvalue weighted by atomic mass is 79.9. The predicted molar refractivity (Wildman–Crippen MR) is 67.2 cm³/mol. The van der Waals surface area contributed by atoms with Crippen molar-refractivity contribution < 1.29 is 9.47 Å². The Balaban J connectivity index is 1.97. The molecule has 1 aliphatic rings. The normalized spacial score (nSPS) is 13.6. The Bertz CT molecular complexity index is 393. The summed E-state index contributed by atoms with van der Waals surface area (Å²) < 4.78 is 11.9. The maximum atomic E-state index is 5.51. The summed E-state index contributed by atoms with van der Waals surface area (Å²) in [6.07, 6.45) is 0. The summed E-state index contributed by atoms with van der Waals surface area (Å²) in [5, 5.41) is 3.27. The Morgan fingerprint density at radius 3 is 2.81 bits per heavy atom. The molecule has 0 saturated carbocycles. The number of ether oxygens (including phenoxy) is 2. The Morgan fingerprint density at radius 2 is 2.06 bits per heavy atom. The zero-order chi connectivity index (χ0) is 11.4. The topological polar surface area (TPSA) is 30.5 Å². The van der Waals surface area contributed by atoms with Gasteiger partial charge in [0.25, 0.3) is 0 Å². The van der Waals surface area contributed by atoms with Gasteiger partial charge in [-0.25, -0.2) is 0 Å². The highest BCUT2D eigenvalue weighted by Gasteiger charge is 2.11. The summed E-state index contributed by atoms with van der Waals surface area (Å²) in [6.45, 7) is 6.58. The van der Waals surface area contributed by atoms with E-state index in [0.29, 0.717) is 13.2 Å². The fourth-order valence-corrected chi connectivity index (χ4v) is 1.74. The summed E-state index contributed by atoms with van der Waals surface area (Å²) in [5.74, 6) is 1.67. The van der Waals surface area contributed by atoms with E-state index in [4.69, 9.17) is 9.47 Å². The van der Waals surface area contributed by atoms with E-state index >= 15 is 0 Å². The minimum Gasteiger partial charge on any atom is -0.486 e. The van der Waals surface area contributed by atoms with E-state index in [9.17, 15) is 0 Å². The van der Waals surface area contributed by atoms with Gasteiger partial charge in [-0.2, -0.15) is 0 Å². The predicted octanol–water partition coefficient (Wildman–Crippen LogP) is 2.46. The van der Waals surface area contributed by atoms with Crippen LogP contribution in [0.3, 0.4) is 0 Å². The van der Waals surface area contributed by atoms with Crippen LogP contribution < -0.4 is 14.8 Å². The van der Waals surface area contributed by atoms with Crippen LogP contribution in [0.4, 0.5) is 0 Å². The van der Waals surface area contributed by atoms with Crippen LogP contribution in [0.5, 0.6) is 11.5 Å². The van der Waals surface area contributed by atoms with Crippen molar-refractivity contribution in [3.8, 4) is 11.5 Å². The number of rotatable bonds is 4. The van der Waals surface area contributed by atoms with E-state index in [1.54, 1.807) is 0 Å². The van der Waals surface area contributed by atoms with Crippen molar-refractivity contribution in [1.82, 2.24) is 5.32 Å². The van der Waals surface area contributed by atoms with Gasteiger partial charge < -0.3 is 14.8 Å². The molecule has 2 rings (SSSR count). The van der Waals surface area contributed by atoms with Crippen molar-refractivity contribution in [3.63, 3.8) is 0 Å². The van der Waals surface area contributed by atoms with Gasteiger partial charge in [-0.05, 0) is 17.7 Å². The van der Waals surface area contributed by atoms with Gasteiger partial charge in [0, 0.05) is 17.6 Å². The first-order chi connectivity index (χ1) is 7.75.